The van der Waals surface area contributed by atoms with E-state index in [0.29, 0.717) is 17.8 Å². The Balaban J connectivity index is 2.03. The van der Waals surface area contributed by atoms with E-state index in [0.717, 1.165) is 5.69 Å². The van der Waals surface area contributed by atoms with Crippen molar-refractivity contribution >= 4 is 0 Å². The van der Waals surface area contributed by atoms with Crippen molar-refractivity contribution in [2.24, 2.45) is 0 Å². The van der Waals surface area contributed by atoms with E-state index >= 15 is 0 Å². The Labute approximate surface area is 155 Å². The summed E-state index contributed by atoms with van der Waals surface area (Å²) < 4.78 is 35.1. The average Bonchev–Trinajstić information content (AvgIpc) is 2.68. The highest BCUT2D eigenvalue weighted by molar-refractivity contribution is 5.12. The molecule has 3 aromatic rings. The molecule has 0 N–H and O–H groups in total. The molecule has 25 heavy (non-hydrogen) atoms. The first-order valence-corrected chi connectivity index (χ1v) is 8.27. The highest BCUT2D eigenvalue weighted by Crippen LogP contribution is 2.10. The smallest absolute Gasteiger partial charge is 0.0547 e. The molecular formula is C21H24N4. The van der Waals surface area contributed by atoms with Crippen molar-refractivity contribution < 1.29 is 5.48 Å². The van der Waals surface area contributed by atoms with E-state index in [2.05, 4.69) is 15.0 Å². The van der Waals surface area contributed by atoms with Crippen molar-refractivity contribution in [2.45, 2.75) is 33.3 Å². The maximum absolute atomic E-state index is 8.79. The summed E-state index contributed by atoms with van der Waals surface area (Å²) in [4.78, 5) is 14.1. The largest absolute Gasteiger partial charge is 0.291 e. The van der Waals surface area contributed by atoms with Gasteiger partial charge in [0.25, 0.3) is 0 Å². The minimum absolute atomic E-state index is 0.0995. The molecule has 0 radical (unpaired) electrons. The van der Waals surface area contributed by atoms with Crippen LogP contribution in [0.4, 0.5) is 0 Å². The normalized spacial score (nSPS) is 14.5. The van der Waals surface area contributed by atoms with Gasteiger partial charge in [-0.15, -0.1) is 0 Å². The van der Waals surface area contributed by atoms with Crippen molar-refractivity contribution in [3.8, 4) is 0 Å². The van der Waals surface area contributed by atoms with Crippen LogP contribution >= 0.6 is 0 Å². The molecule has 3 heterocycles. The van der Waals surface area contributed by atoms with E-state index in [9.17, 15) is 0 Å². The summed E-state index contributed by atoms with van der Waals surface area (Å²) in [7, 11) is 0. The second kappa shape index (κ2) is 8.49. The van der Waals surface area contributed by atoms with Crippen LogP contribution < -0.4 is 0 Å². The molecule has 0 aliphatic heterocycles. The maximum Gasteiger partial charge on any atom is 0.0547 e. The van der Waals surface area contributed by atoms with Crippen LogP contribution in [0.5, 0.6) is 0 Å². The van der Waals surface area contributed by atoms with Crippen molar-refractivity contribution in [2.75, 3.05) is 6.54 Å². The van der Waals surface area contributed by atoms with Crippen LogP contribution in [0.3, 0.4) is 0 Å². The molecule has 3 rings (SSSR count). The third kappa shape index (κ3) is 5.47. The van der Waals surface area contributed by atoms with Gasteiger partial charge in [0.2, 0.25) is 0 Å². The zero-order chi connectivity index (χ0) is 21.1. The Morgan fingerprint density at radius 3 is 1.92 bits per heavy atom. The molecule has 4 nitrogen and oxygen atoms in total. The van der Waals surface area contributed by atoms with Crippen molar-refractivity contribution in [1.82, 2.24) is 19.9 Å². The molecule has 0 saturated carbocycles. The van der Waals surface area contributed by atoms with E-state index < -0.39 is 13.0 Å². The third-order valence-corrected chi connectivity index (χ3v) is 3.59. The predicted octanol–water partition coefficient (Wildman–Crippen LogP) is 3.73. The lowest BCUT2D eigenvalue weighted by Crippen LogP contribution is -2.26. The number of rotatable bonds is 7. The summed E-state index contributed by atoms with van der Waals surface area (Å²) >= 11 is 0. The minimum Gasteiger partial charge on any atom is -0.291 e. The molecule has 4 heteroatoms. The lowest BCUT2D eigenvalue weighted by atomic mass is 10.2. The molecule has 0 fully saturated rings. The highest BCUT2D eigenvalue weighted by Gasteiger charge is 2.10. The fourth-order valence-electron chi connectivity index (χ4n) is 2.40. The van der Waals surface area contributed by atoms with Gasteiger partial charge in [0, 0.05) is 54.7 Å². The summed E-state index contributed by atoms with van der Waals surface area (Å²) in [6, 6.07) is 15.7. The average molecular weight is 336 g/mol. The molecule has 0 unspecified atom stereocenters. The van der Waals surface area contributed by atoms with Crippen LogP contribution in [0.15, 0.2) is 60.8 Å². The standard InChI is InChI=1S/C21H24N4/c1-17-7-5-10-20(23-17)15-25(14-12-19-9-3-4-13-22-19)16-21-11-6-8-18(2)24-21/h3-11,13H,12,14-16H2,1-2H3/i15D2,16D2. The minimum atomic E-state index is -2.16. The summed E-state index contributed by atoms with van der Waals surface area (Å²) in [6.07, 6.45) is 2.06. The van der Waals surface area contributed by atoms with Gasteiger partial charge < -0.3 is 0 Å². The number of aromatic nitrogens is 3. The van der Waals surface area contributed by atoms with E-state index in [1.807, 2.05) is 18.2 Å². The summed E-state index contributed by atoms with van der Waals surface area (Å²) in [5.41, 5.74) is 2.43. The fourth-order valence-corrected chi connectivity index (χ4v) is 2.40. The first-order valence-electron chi connectivity index (χ1n) is 10.3. The topological polar surface area (TPSA) is 41.9 Å². The number of nitrogens with zero attached hydrogens (tertiary/aromatic N) is 4. The Morgan fingerprint density at radius 1 is 0.800 bits per heavy atom. The van der Waals surface area contributed by atoms with Crippen molar-refractivity contribution in [1.29, 1.82) is 0 Å². The van der Waals surface area contributed by atoms with Gasteiger partial charge in [-0.2, -0.15) is 0 Å². The Kier molecular flexibility index (Phi) is 4.32. The van der Waals surface area contributed by atoms with E-state index in [1.54, 1.807) is 56.4 Å². The lowest BCUT2D eigenvalue weighted by Gasteiger charge is -2.22. The number of hydrogen-bond acceptors (Lipinski definition) is 4. The van der Waals surface area contributed by atoms with E-state index in [4.69, 9.17) is 5.48 Å². The summed E-state index contributed by atoms with van der Waals surface area (Å²) in [5, 5.41) is 0. The SMILES string of the molecule is [2H]C([2H])(c1cccc(C)n1)N(CCc1ccccn1)C([2H])([2H])c1cccc(C)n1. The van der Waals surface area contributed by atoms with Gasteiger partial charge in [-0.3, -0.25) is 19.9 Å². The quantitative estimate of drug-likeness (QED) is 0.659. The van der Waals surface area contributed by atoms with Gasteiger partial charge >= 0.3 is 0 Å². The molecular weight excluding hydrogens is 308 g/mol. The van der Waals surface area contributed by atoms with Gasteiger partial charge in [-0.05, 0) is 50.2 Å². The molecule has 128 valence electrons. The molecule has 0 saturated heterocycles. The number of aryl methyl sites for hydroxylation is 2. The Hall–Kier alpha value is -2.59. The molecule has 0 amide bonds. The third-order valence-electron chi connectivity index (χ3n) is 3.59. The highest BCUT2D eigenvalue weighted by atomic mass is 15.1. The van der Waals surface area contributed by atoms with Crippen molar-refractivity contribution in [3.05, 3.63) is 89.3 Å². The summed E-state index contributed by atoms with van der Waals surface area (Å²) in [6.45, 7) is -0.642. The lowest BCUT2D eigenvalue weighted by molar-refractivity contribution is 0.253. The van der Waals surface area contributed by atoms with Crippen LogP contribution in [0.2, 0.25) is 0 Å². The number of hydrogen-bond donors (Lipinski definition) is 0. The van der Waals surface area contributed by atoms with E-state index in [1.165, 1.54) is 4.90 Å². The molecule has 0 bridgehead atoms. The molecule has 0 aromatic carbocycles. The van der Waals surface area contributed by atoms with Gasteiger partial charge in [-0.25, -0.2) is 0 Å². The van der Waals surface area contributed by atoms with Gasteiger partial charge in [-0.1, -0.05) is 18.2 Å². The molecule has 0 aliphatic carbocycles. The van der Waals surface area contributed by atoms with Crippen LogP contribution in [0.25, 0.3) is 0 Å². The zero-order valence-electron chi connectivity index (χ0n) is 18.5. The first-order chi connectivity index (χ1) is 13.7. The van der Waals surface area contributed by atoms with Gasteiger partial charge in [0.1, 0.15) is 0 Å². The van der Waals surface area contributed by atoms with Crippen LogP contribution in [0, 0.1) is 13.8 Å². The molecule has 0 atom stereocenters. The molecule has 0 aliphatic rings. The van der Waals surface area contributed by atoms with E-state index in [-0.39, 0.29) is 17.9 Å². The molecule has 3 aromatic heterocycles. The van der Waals surface area contributed by atoms with Crippen molar-refractivity contribution in [3.63, 3.8) is 0 Å². The summed E-state index contributed by atoms with van der Waals surface area (Å²) in [5.74, 6) is 0. The zero-order valence-corrected chi connectivity index (χ0v) is 14.5. The second-order valence-electron chi connectivity index (χ2n) is 5.77. The fraction of sp³-hybridized carbons (Fsp3) is 0.286. The monoisotopic (exact) mass is 336 g/mol. The predicted molar refractivity (Wildman–Crippen MR) is 100 cm³/mol. The number of pyridine rings is 3. The van der Waals surface area contributed by atoms with Gasteiger partial charge in [0.15, 0.2) is 0 Å². The Morgan fingerprint density at radius 2 is 1.40 bits per heavy atom. The molecule has 0 spiro atoms. The second-order valence-corrected chi connectivity index (χ2v) is 5.77. The van der Waals surface area contributed by atoms with Crippen LogP contribution in [-0.4, -0.2) is 26.4 Å². The van der Waals surface area contributed by atoms with Crippen LogP contribution in [-0.2, 0) is 19.4 Å². The first kappa shape index (κ1) is 12.7. The van der Waals surface area contributed by atoms with Crippen LogP contribution in [0.1, 0.15) is 34.0 Å². The van der Waals surface area contributed by atoms with Gasteiger partial charge in [0.05, 0.1) is 11.4 Å². The maximum atomic E-state index is 8.79. The Bertz CT molecular complexity index is 906.